The van der Waals surface area contributed by atoms with E-state index in [2.05, 4.69) is 12.2 Å². The highest BCUT2D eigenvalue weighted by atomic mass is 32.2. The smallest absolute Gasteiger partial charge is 0.214 e. The predicted octanol–water partition coefficient (Wildman–Crippen LogP) is 1.35. The van der Waals surface area contributed by atoms with Gasteiger partial charge in [0.1, 0.15) is 0 Å². The molecule has 2 unspecified atom stereocenters. The van der Waals surface area contributed by atoms with Crippen LogP contribution in [0.3, 0.4) is 0 Å². The van der Waals surface area contributed by atoms with Crippen molar-refractivity contribution < 1.29 is 13.2 Å². The van der Waals surface area contributed by atoms with Gasteiger partial charge in [0.15, 0.2) is 0 Å². The van der Waals surface area contributed by atoms with E-state index in [0.29, 0.717) is 37.8 Å². The van der Waals surface area contributed by atoms with Gasteiger partial charge in [-0.05, 0) is 39.0 Å². The first kappa shape index (κ1) is 16.2. The third kappa shape index (κ3) is 4.41. The van der Waals surface area contributed by atoms with E-state index in [0.717, 1.165) is 32.2 Å². The number of nitrogens with zero attached hydrogens (tertiary/aromatic N) is 1. The van der Waals surface area contributed by atoms with Crippen LogP contribution in [0.1, 0.15) is 46.0 Å². The summed E-state index contributed by atoms with van der Waals surface area (Å²) in [6.45, 7) is 6.24. The minimum atomic E-state index is -3.01. The van der Waals surface area contributed by atoms with Crippen molar-refractivity contribution in [2.24, 2.45) is 0 Å². The summed E-state index contributed by atoms with van der Waals surface area (Å²) in [6, 6.07) is 0.433. The van der Waals surface area contributed by atoms with Crippen LogP contribution in [0.5, 0.6) is 0 Å². The Labute approximate surface area is 123 Å². The quantitative estimate of drug-likeness (QED) is 0.805. The van der Waals surface area contributed by atoms with Gasteiger partial charge in [-0.3, -0.25) is 0 Å². The first-order valence-electron chi connectivity index (χ1n) is 7.88. The van der Waals surface area contributed by atoms with Crippen molar-refractivity contribution in [2.45, 2.75) is 64.2 Å². The molecule has 0 amide bonds. The average molecular weight is 304 g/mol. The molecule has 0 bridgehead atoms. The zero-order chi connectivity index (χ0) is 14.6. The number of hydrogen-bond donors (Lipinski definition) is 1. The van der Waals surface area contributed by atoms with Crippen LogP contribution in [0.25, 0.3) is 0 Å². The lowest BCUT2D eigenvalue weighted by atomic mass is 10.1. The third-order valence-corrected chi connectivity index (χ3v) is 6.34. The molecule has 0 spiro atoms. The van der Waals surface area contributed by atoms with E-state index in [1.54, 1.807) is 4.31 Å². The fourth-order valence-electron chi connectivity index (χ4n) is 3.06. The third-order valence-electron chi connectivity index (χ3n) is 4.26. The fourth-order valence-corrected chi connectivity index (χ4v) is 4.60. The molecule has 0 saturated carbocycles. The number of ether oxygens (including phenoxy) is 1. The first-order valence-corrected chi connectivity index (χ1v) is 9.49. The normalized spacial score (nSPS) is 29.9. The van der Waals surface area contributed by atoms with Crippen molar-refractivity contribution in [3.8, 4) is 0 Å². The van der Waals surface area contributed by atoms with Crippen LogP contribution in [0.2, 0.25) is 0 Å². The maximum Gasteiger partial charge on any atom is 0.214 e. The second-order valence-corrected chi connectivity index (χ2v) is 8.13. The maximum atomic E-state index is 12.0. The van der Waals surface area contributed by atoms with E-state index >= 15 is 0 Å². The summed E-state index contributed by atoms with van der Waals surface area (Å²) in [4.78, 5) is 0. The lowest BCUT2D eigenvalue weighted by Gasteiger charge is -2.32. The minimum absolute atomic E-state index is 0.277. The summed E-state index contributed by atoms with van der Waals surface area (Å²) in [5.41, 5.74) is 0. The van der Waals surface area contributed by atoms with Crippen LogP contribution in [0.15, 0.2) is 0 Å². The number of piperidine rings is 1. The van der Waals surface area contributed by atoms with Gasteiger partial charge in [-0.15, -0.1) is 0 Å². The van der Waals surface area contributed by atoms with Crippen LogP contribution >= 0.6 is 0 Å². The highest BCUT2D eigenvalue weighted by molar-refractivity contribution is 7.89. The Bertz CT molecular complexity index is 391. The summed E-state index contributed by atoms with van der Waals surface area (Å²) < 4.78 is 31.4. The van der Waals surface area contributed by atoms with Crippen LogP contribution < -0.4 is 5.32 Å². The van der Waals surface area contributed by atoms with E-state index < -0.39 is 10.0 Å². The molecule has 1 N–H and O–H groups in total. The van der Waals surface area contributed by atoms with E-state index in [1.807, 2.05) is 6.92 Å². The number of rotatable bonds is 6. The number of nitrogens with one attached hydrogen (secondary N) is 1. The fraction of sp³-hybridized carbons (Fsp3) is 1.00. The van der Waals surface area contributed by atoms with Crippen molar-refractivity contribution >= 4 is 10.0 Å². The van der Waals surface area contributed by atoms with Crippen molar-refractivity contribution in [2.75, 3.05) is 25.4 Å². The zero-order valence-electron chi connectivity index (χ0n) is 12.7. The van der Waals surface area contributed by atoms with Crippen LogP contribution in [0.4, 0.5) is 0 Å². The molecular weight excluding hydrogens is 276 g/mol. The molecule has 2 heterocycles. The Kier molecular flexibility index (Phi) is 5.84. The average Bonchev–Trinajstić information content (AvgIpc) is 2.83. The van der Waals surface area contributed by atoms with Gasteiger partial charge in [0, 0.05) is 25.7 Å². The summed E-state index contributed by atoms with van der Waals surface area (Å²) in [6.07, 6.45) is 5.53. The standard InChI is InChI=1S/C14H28N2O3S/c1-3-10-20(17,18)16-8-6-13(7-9-16)15-11-14-5-4-12(2)19-14/h12-15H,3-11H2,1-2H3. The van der Waals surface area contributed by atoms with Crippen molar-refractivity contribution in [3.63, 3.8) is 0 Å². The van der Waals surface area contributed by atoms with Crippen LogP contribution in [-0.2, 0) is 14.8 Å². The van der Waals surface area contributed by atoms with Crippen molar-refractivity contribution in [1.82, 2.24) is 9.62 Å². The zero-order valence-corrected chi connectivity index (χ0v) is 13.5. The molecule has 0 radical (unpaired) electrons. The lowest BCUT2D eigenvalue weighted by Crippen LogP contribution is -2.46. The second-order valence-electron chi connectivity index (χ2n) is 6.04. The molecule has 2 rings (SSSR count). The molecule has 5 nitrogen and oxygen atoms in total. The lowest BCUT2D eigenvalue weighted by molar-refractivity contribution is 0.0531. The second kappa shape index (κ2) is 7.20. The molecule has 6 heteroatoms. The number of hydrogen-bond acceptors (Lipinski definition) is 4. The monoisotopic (exact) mass is 304 g/mol. The van der Waals surface area contributed by atoms with E-state index in [1.165, 1.54) is 0 Å². The Morgan fingerprint density at radius 1 is 1.20 bits per heavy atom. The summed E-state index contributed by atoms with van der Waals surface area (Å²) >= 11 is 0. The van der Waals surface area contributed by atoms with E-state index in [-0.39, 0.29) is 5.75 Å². The molecule has 0 aromatic rings. The molecule has 0 aliphatic carbocycles. The molecule has 2 fully saturated rings. The van der Waals surface area contributed by atoms with E-state index in [4.69, 9.17) is 4.74 Å². The van der Waals surface area contributed by atoms with Crippen molar-refractivity contribution in [1.29, 1.82) is 0 Å². The largest absolute Gasteiger partial charge is 0.374 e. The van der Waals surface area contributed by atoms with Gasteiger partial charge < -0.3 is 10.1 Å². The highest BCUT2D eigenvalue weighted by Crippen LogP contribution is 2.19. The molecule has 2 aliphatic heterocycles. The Morgan fingerprint density at radius 3 is 2.45 bits per heavy atom. The molecule has 2 aliphatic rings. The predicted molar refractivity (Wildman–Crippen MR) is 80.2 cm³/mol. The molecule has 118 valence electrons. The summed E-state index contributed by atoms with van der Waals surface area (Å²) in [5.74, 6) is 0.277. The van der Waals surface area contributed by atoms with Crippen molar-refractivity contribution in [3.05, 3.63) is 0 Å². The van der Waals surface area contributed by atoms with Gasteiger partial charge in [0.05, 0.1) is 18.0 Å². The molecule has 20 heavy (non-hydrogen) atoms. The highest BCUT2D eigenvalue weighted by Gasteiger charge is 2.28. The van der Waals surface area contributed by atoms with Gasteiger partial charge in [-0.25, -0.2) is 12.7 Å². The molecule has 0 aromatic carbocycles. The summed E-state index contributed by atoms with van der Waals surface area (Å²) in [7, 11) is -3.01. The molecule has 0 aromatic heterocycles. The SMILES string of the molecule is CCCS(=O)(=O)N1CCC(NCC2CCC(C)O2)CC1. The van der Waals surface area contributed by atoms with Gasteiger partial charge in [-0.2, -0.15) is 0 Å². The van der Waals surface area contributed by atoms with Gasteiger partial charge in [0.25, 0.3) is 0 Å². The molecular formula is C14H28N2O3S. The van der Waals surface area contributed by atoms with Gasteiger partial charge in [0.2, 0.25) is 10.0 Å². The van der Waals surface area contributed by atoms with Crippen LogP contribution in [-0.4, -0.2) is 56.4 Å². The van der Waals surface area contributed by atoms with Gasteiger partial charge in [-0.1, -0.05) is 6.92 Å². The number of sulfonamides is 1. The Balaban J connectivity index is 1.69. The summed E-state index contributed by atoms with van der Waals surface area (Å²) in [5, 5.41) is 3.54. The first-order chi connectivity index (χ1) is 9.51. The topological polar surface area (TPSA) is 58.6 Å². The Hall–Kier alpha value is -0.170. The molecule has 2 atom stereocenters. The minimum Gasteiger partial charge on any atom is -0.374 e. The van der Waals surface area contributed by atoms with Gasteiger partial charge >= 0.3 is 0 Å². The van der Waals surface area contributed by atoms with Crippen LogP contribution in [0, 0.1) is 0 Å². The van der Waals surface area contributed by atoms with E-state index in [9.17, 15) is 8.42 Å². The Morgan fingerprint density at radius 2 is 1.90 bits per heavy atom. The maximum absolute atomic E-state index is 12.0. The molecule has 2 saturated heterocycles.